The number of carbonyl (C=O) groups is 2. The number of amides is 2. The fourth-order valence-corrected chi connectivity index (χ4v) is 2.27. The molecule has 2 aromatic carbocycles. The van der Waals surface area contributed by atoms with Gasteiger partial charge in [0.25, 0.3) is 0 Å². The zero-order valence-corrected chi connectivity index (χ0v) is 13.5. The molecule has 5 nitrogen and oxygen atoms in total. The Morgan fingerprint density at radius 1 is 1.12 bits per heavy atom. The Labute approximate surface area is 139 Å². The van der Waals surface area contributed by atoms with Gasteiger partial charge in [0.05, 0.1) is 23.9 Å². The molecule has 0 aliphatic heterocycles. The minimum atomic E-state index is -1.12. The maximum absolute atomic E-state index is 13.2. The molecule has 0 fully saturated rings. The van der Waals surface area contributed by atoms with Gasteiger partial charge in [-0.15, -0.1) is 0 Å². The number of halogens is 1. The minimum Gasteiger partial charge on any atom is -0.388 e. The van der Waals surface area contributed by atoms with Crippen molar-refractivity contribution in [1.29, 1.82) is 0 Å². The maximum Gasteiger partial charge on any atom is 0.227 e. The summed E-state index contributed by atoms with van der Waals surface area (Å²) in [4.78, 5) is 23.4. The minimum absolute atomic E-state index is 0.225. The molecule has 2 rings (SSSR count). The van der Waals surface area contributed by atoms with Gasteiger partial charge in [-0.2, -0.15) is 0 Å². The lowest BCUT2D eigenvalue weighted by Gasteiger charge is -2.14. The average molecular weight is 330 g/mol. The number of aliphatic hydroxyl groups excluding tert-OH is 1. The summed E-state index contributed by atoms with van der Waals surface area (Å²) in [5.41, 5.74) is 2.16. The number of hydrogen-bond acceptors (Lipinski definition) is 3. The second kappa shape index (κ2) is 7.70. The molecule has 0 saturated heterocycles. The van der Waals surface area contributed by atoms with Gasteiger partial charge in [-0.3, -0.25) is 9.59 Å². The van der Waals surface area contributed by atoms with Gasteiger partial charge in [0.2, 0.25) is 11.8 Å². The molecular weight excluding hydrogens is 311 g/mol. The Kier molecular flexibility index (Phi) is 5.65. The lowest BCUT2D eigenvalue weighted by Crippen LogP contribution is -2.17. The summed E-state index contributed by atoms with van der Waals surface area (Å²) < 4.78 is 13.2. The molecule has 0 bridgehead atoms. The van der Waals surface area contributed by atoms with Crippen LogP contribution in [0.2, 0.25) is 0 Å². The summed E-state index contributed by atoms with van der Waals surface area (Å²) in [6.45, 7) is 3.23. The van der Waals surface area contributed by atoms with Gasteiger partial charge in [-0.25, -0.2) is 4.39 Å². The molecule has 0 heterocycles. The van der Waals surface area contributed by atoms with Gasteiger partial charge in [0, 0.05) is 6.92 Å². The van der Waals surface area contributed by atoms with Crippen molar-refractivity contribution in [2.24, 2.45) is 0 Å². The lowest BCUT2D eigenvalue weighted by molar-refractivity contribution is -0.118. The van der Waals surface area contributed by atoms with Gasteiger partial charge in [0.15, 0.2) is 0 Å². The average Bonchev–Trinajstić information content (AvgIpc) is 2.49. The Morgan fingerprint density at radius 3 is 2.54 bits per heavy atom. The lowest BCUT2D eigenvalue weighted by atomic mass is 10.1. The SMILES string of the molecule is CC(=O)Nc1ccc(C)cc1NC(=O)CC(O)c1cccc(F)c1. The van der Waals surface area contributed by atoms with Crippen molar-refractivity contribution in [3.8, 4) is 0 Å². The van der Waals surface area contributed by atoms with Crippen molar-refractivity contribution in [3.63, 3.8) is 0 Å². The molecule has 2 amide bonds. The van der Waals surface area contributed by atoms with E-state index in [2.05, 4.69) is 10.6 Å². The van der Waals surface area contributed by atoms with Gasteiger partial charge in [-0.05, 0) is 42.3 Å². The standard InChI is InChI=1S/C18H19FN2O3/c1-11-6-7-15(20-12(2)22)16(8-11)21-18(24)10-17(23)13-4-3-5-14(19)9-13/h3-9,17,23H,10H2,1-2H3,(H,20,22)(H,21,24). The number of rotatable bonds is 5. The fraction of sp³-hybridized carbons (Fsp3) is 0.222. The van der Waals surface area contributed by atoms with Crippen LogP contribution in [0.25, 0.3) is 0 Å². The van der Waals surface area contributed by atoms with E-state index in [4.69, 9.17) is 0 Å². The number of benzene rings is 2. The maximum atomic E-state index is 13.2. The van der Waals surface area contributed by atoms with Crippen molar-refractivity contribution in [1.82, 2.24) is 0 Å². The van der Waals surface area contributed by atoms with Crippen molar-refractivity contribution in [3.05, 3.63) is 59.4 Å². The number of aliphatic hydroxyl groups is 1. The van der Waals surface area contributed by atoms with Crippen LogP contribution in [0.15, 0.2) is 42.5 Å². The van der Waals surface area contributed by atoms with E-state index in [1.165, 1.54) is 25.1 Å². The third kappa shape index (κ3) is 4.89. The first-order valence-electron chi connectivity index (χ1n) is 7.47. The van der Waals surface area contributed by atoms with E-state index < -0.39 is 17.8 Å². The summed E-state index contributed by atoms with van der Waals surface area (Å²) in [5.74, 6) is -1.17. The van der Waals surface area contributed by atoms with Crippen molar-refractivity contribution < 1.29 is 19.1 Å². The molecular formula is C18H19FN2O3. The highest BCUT2D eigenvalue weighted by Gasteiger charge is 2.15. The van der Waals surface area contributed by atoms with Gasteiger partial charge in [-0.1, -0.05) is 18.2 Å². The fourth-order valence-electron chi connectivity index (χ4n) is 2.27. The quantitative estimate of drug-likeness (QED) is 0.788. The summed E-state index contributed by atoms with van der Waals surface area (Å²) >= 11 is 0. The third-order valence-electron chi connectivity index (χ3n) is 3.37. The van der Waals surface area contributed by atoms with Gasteiger partial charge < -0.3 is 15.7 Å². The number of hydrogen-bond donors (Lipinski definition) is 3. The van der Waals surface area contributed by atoms with Crippen LogP contribution in [0.4, 0.5) is 15.8 Å². The molecule has 0 aromatic heterocycles. The van der Waals surface area contributed by atoms with Crippen LogP contribution < -0.4 is 10.6 Å². The first kappa shape index (κ1) is 17.6. The highest BCUT2D eigenvalue weighted by Crippen LogP contribution is 2.24. The van der Waals surface area contributed by atoms with E-state index in [0.717, 1.165) is 5.56 Å². The highest BCUT2D eigenvalue weighted by atomic mass is 19.1. The first-order valence-corrected chi connectivity index (χ1v) is 7.47. The van der Waals surface area contributed by atoms with Crippen LogP contribution in [0.3, 0.4) is 0 Å². The molecule has 0 spiro atoms. The Hall–Kier alpha value is -2.73. The number of anilines is 2. The zero-order valence-electron chi connectivity index (χ0n) is 13.5. The molecule has 3 N–H and O–H groups in total. The summed E-state index contributed by atoms with van der Waals surface area (Å²) in [6.07, 6.45) is -1.34. The molecule has 0 radical (unpaired) electrons. The summed E-state index contributed by atoms with van der Waals surface area (Å²) in [5, 5.41) is 15.4. The molecule has 1 atom stereocenters. The topological polar surface area (TPSA) is 78.4 Å². The van der Waals surface area contributed by atoms with E-state index in [-0.39, 0.29) is 12.3 Å². The predicted octanol–water partition coefficient (Wildman–Crippen LogP) is 3.15. The molecule has 24 heavy (non-hydrogen) atoms. The summed E-state index contributed by atoms with van der Waals surface area (Å²) in [6, 6.07) is 10.7. The third-order valence-corrected chi connectivity index (χ3v) is 3.37. The number of nitrogens with one attached hydrogen (secondary N) is 2. The Bertz CT molecular complexity index is 762. The largest absolute Gasteiger partial charge is 0.388 e. The zero-order chi connectivity index (χ0) is 17.7. The van der Waals surface area contributed by atoms with E-state index in [0.29, 0.717) is 16.9 Å². The van der Waals surface area contributed by atoms with Gasteiger partial charge >= 0.3 is 0 Å². The van der Waals surface area contributed by atoms with Crippen molar-refractivity contribution >= 4 is 23.2 Å². The van der Waals surface area contributed by atoms with Crippen LogP contribution >= 0.6 is 0 Å². The Balaban J connectivity index is 2.09. The van der Waals surface area contributed by atoms with E-state index in [1.54, 1.807) is 18.2 Å². The first-order chi connectivity index (χ1) is 11.3. The van der Waals surface area contributed by atoms with Crippen LogP contribution in [0.5, 0.6) is 0 Å². The molecule has 0 aliphatic rings. The molecule has 2 aromatic rings. The van der Waals surface area contributed by atoms with Gasteiger partial charge in [0.1, 0.15) is 5.82 Å². The number of aryl methyl sites for hydroxylation is 1. The molecule has 126 valence electrons. The highest BCUT2D eigenvalue weighted by molar-refractivity contribution is 5.99. The van der Waals surface area contributed by atoms with Crippen LogP contribution in [0.1, 0.15) is 30.6 Å². The Morgan fingerprint density at radius 2 is 1.88 bits per heavy atom. The van der Waals surface area contributed by atoms with E-state index in [1.807, 2.05) is 13.0 Å². The number of carbonyl (C=O) groups excluding carboxylic acids is 2. The van der Waals surface area contributed by atoms with E-state index in [9.17, 15) is 19.1 Å². The smallest absolute Gasteiger partial charge is 0.227 e. The summed E-state index contributed by atoms with van der Waals surface area (Å²) in [7, 11) is 0. The van der Waals surface area contributed by atoms with Crippen LogP contribution in [-0.2, 0) is 9.59 Å². The van der Waals surface area contributed by atoms with Crippen molar-refractivity contribution in [2.45, 2.75) is 26.4 Å². The molecule has 0 saturated carbocycles. The molecule has 0 aliphatic carbocycles. The van der Waals surface area contributed by atoms with Crippen LogP contribution in [0, 0.1) is 12.7 Å². The predicted molar refractivity (Wildman–Crippen MR) is 90.1 cm³/mol. The van der Waals surface area contributed by atoms with Crippen molar-refractivity contribution in [2.75, 3.05) is 10.6 Å². The normalized spacial score (nSPS) is 11.7. The second-order valence-electron chi connectivity index (χ2n) is 5.55. The monoisotopic (exact) mass is 330 g/mol. The molecule has 6 heteroatoms. The second-order valence-corrected chi connectivity index (χ2v) is 5.55. The van der Waals surface area contributed by atoms with E-state index >= 15 is 0 Å². The van der Waals surface area contributed by atoms with Crippen LogP contribution in [-0.4, -0.2) is 16.9 Å². The molecule has 1 unspecified atom stereocenters.